The van der Waals surface area contributed by atoms with E-state index >= 15 is 0 Å². The first-order chi connectivity index (χ1) is 6.80. The number of hydrogen-bond acceptors (Lipinski definition) is 2. The summed E-state index contributed by atoms with van der Waals surface area (Å²) in [4.78, 5) is 0. The first-order valence-corrected chi connectivity index (χ1v) is 4.51. The van der Waals surface area contributed by atoms with E-state index in [0.29, 0.717) is 0 Å². The lowest BCUT2D eigenvalue weighted by atomic mass is 9.78. The fourth-order valence-corrected chi connectivity index (χ4v) is 1.79. The minimum absolute atomic E-state index is 0.254. The standard InChI is InChI=1S/C12H12O2/c1-4-8-5-9-6-11(13-2)12(14-3)7-10(8)9/h1,6-8H,5H2,2-3H3/t8-/m0/s1. The molecule has 2 rings (SSSR count). The van der Waals surface area contributed by atoms with Crippen LogP contribution in [0.1, 0.15) is 17.0 Å². The molecule has 2 heteroatoms. The fourth-order valence-electron chi connectivity index (χ4n) is 1.79. The van der Waals surface area contributed by atoms with Gasteiger partial charge in [-0.15, -0.1) is 6.42 Å². The van der Waals surface area contributed by atoms with Crippen molar-refractivity contribution < 1.29 is 9.47 Å². The number of terminal acetylenes is 1. The Balaban J connectivity index is 2.44. The van der Waals surface area contributed by atoms with Crippen LogP contribution in [0.2, 0.25) is 0 Å². The fraction of sp³-hybridized carbons (Fsp3) is 0.333. The van der Waals surface area contributed by atoms with E-state index in [1.165, 1.54) is 11.1 Å². The molecular weight excluding hydrogens is 176 g/mol. The molecule has 1 aromatic carbocycles. The molecular formula is C12H12O2. The number of ether oxygens (including phenoxy) is 2. The summed E-state index contributed by atoms with van der Waals surface area (Å²) in [6.07, 6.45) is 6.34. The van der Waals surface area contributed by atoms with Gasteiger partial charge in [0.15, 0.2) is 11.5 Å². The molecule has 1 aliphatic rings. The first kappa shape index (κ1) is 8.96. The predicted molar refractivity (Wildman–Crippen MR) is 54.8 cm³/mol. The molecule has 0 saturated heterocycles. The van der Waals surface area contributed by atoms with Gasteiger partial charge < -0.3 is 9.47 Å². The highest BCUT2D eigenvalue weighted by Crippen LogP contribution is 2.41. The van der Waals surface area contributed by atoms with Crippen LogP contribution in [0, 0.1) is 12.3 Å². The topological polar surface area (TPSA) is 18.5 Å². The zero-order valence-electron chi connectivity index (χ0n) is 8.33. The van der Waals surface area contributed by atoms with Crippen molar-refractivity contribution in [3.8, 4) is 23.8 Å². The molecule has 14 heavy (non-hydrogen) atoms. The third-order valence-corrected chi connectivity index (χ3v) is 2.65. The summed E-state index contributed by atoms with van der Waals surface area (Å²) in [5.74, 6) is 4.54. The third-order valence-electron chi connectivity index (χ3n) is 2.65. The van der Waals surface area contributed by atoms with Crippen molar-refractivity contribution in [2.75, 3.05) is 14.2 Å². The van der Waals surface area contributed by atoms with Crippen molar-refractivity contribution >= 4 is 0 Å². The van der Waals surface area contributed by atoms with Gasteiger partial charge in [0, 0.05) is 5.92 Å². The van der Waals surface area contributed by atoms with Gasteiger partial charge in [-0.2, -0.15) is 0 Å². The Morgan fingerprint density at radius 2 is 1.93 bits per heavy atom. The molecule has 1 aromatic rings. The summed E-state index contributed by atoms with van der Waals surface area (Å²) in [7, 11) is 3.27. The van der Waals surface area contributed by atoms with E-state index in [0.717, 1.165) is 17.9 Å². The number of hydrogen-bond donors (Lipinski definition) is 0. The van der Waals surface area contributed by atoms with Gasteiger partial charge in [-0.3, -0.25) is 0 Å². The zero-order valence-corrected chi connectivity index (χ0v) is 8.33. The SMILES string of the molecule is C#C[C@H]1Cc2cc(OC)c(OC)cc21. The normalized spacial score (nSPS) is 17.6. The maximum atomic E-state index is 5.39. The molecule has 0 fully saturated rings. The first-order valence-electron chi connectivity index (χ1n) is 4.51. The molecule has 1 atom stereocenters. The van der Waals surface area contributed by atoms with E-state index in [1.54, 1.807) is 14.2 Å². The Morgan fingerprint density at radius 3 is 2.50 bits per heavy atom. The lowest BCUT2D eigenvalue weighted by molar-refractivity contribution is 0.353. The van der Waals surface area contributed by atoms with Crippen LogP contribution in [-0.4, -0.2) is 14.2 Å². The smallest absolute Gasteiger partial charge is 0.161 e. The Morgan fingerprint density at radius 1 is 1.29 bits per heavy atom. The van der Waals surface area contributed by atoms with Crippen LogP contribution < -0.4 is 9.47 Å². The molecule has 0 unspecified atom stereocenters. The third kappa shape index (κ3) is 1.13. The van der Waals surface area contributed by atoms with Crippen LogP contribution in [0.3, 0.4) is 0 Å². The Hall–Kier alpha value is -1.62. The molecule has 0 amide bonds. The average molecular weight is 188 g/mol. The molecule has 0 spiro atoms. The highest BCUT2D eigenvalue weighted by molar-refractivity contribution is 5.55. The van der Waals surface area contributed by atoms with Crippen molar-refractivity contribution in [1.82, 2.24) is 0 Å². The molecule has 0 aromatic heterocycles. The Labute approximate surface area is 83.8 Å². The van der Waals surface area contributed by atoms with E-state index in [-0.39, 0.29) is 5.92 Å². The lowest BCUT2D eigenvalue weighted by Gasteiger charge is -2.27. The average Bonchev–Trinajstić information content (AvgIpc) is 2.20. The monoisotopic (exact) mass is 188 g/mol. The highest BCUT2D eigenvalue weighted by atomic mass is 16.5. The molecule has 2 nitrogen and oxygen atoms in total. The van der Waals surface area contributed by atoms with Gasteiger partial charge in [-0.05, 0) is 29.7 Å². The van der Waals surface area contributed by atoms with E-state index < -0.39 is 0 Å². The Kier molecular flexibility index (Phi) is 2.09. The molecule has 0 N–H and O–H groups in total. The predicted octanol–water partition coefficient (Wildman–Crippen LogP) is 1.98. The van der Waals surface area contributed by atoms with Crippen LogP contribution in [0.5, 0.6) is 11.5 Å². The number of benzene rings is 1. The van der Waals surface area contributed by atoms with Gasteiger partial charge in [0.25, 0.3) is 0 Å². The van der Waals surface area contributed by atoms with E-state index in [2.05, 4.69) is 5.92 Å². The minimum Gasteiger partial charge on any atom is -0.493 e. The van der Waals surface area contributed by atoms with Crippen LogP contribution in [-0.2, 0) is 6.42 Å². The van der Waals surface area contributed by atoms with Gasteiger partial charge in [0.05, 0.1) is 14.2 Å². The van der Waals surface area contributed by atoms with E-state index in [9.17, 15) is 0 Å². The summed E-state index contributed by atoms with van der Waals surface area (Å²) in [6.45, 7) is 0. The van der Waals surface area contributed by atoms with E-state index in [1.807, 2.05) is 12.1 Å². The zero-order chi connectivity index (χ0) is 10.1. The number of methoxy groups -OCH3 is 2. The highest BCUT2D eigenvalue weighted by Gasteiger charge is 2.26. The van der Waals surface area contributed by atoms with Crippen LogP contribution >= 0.6 is 0 Å². The molecule has 0 heterocycles. The summed E-state index contributed by atoms with van der Waals surface area (Å²) in [6, 6.07) is 3.98. The molecule has 72 valence electrons. The number of fused-ring (bicyclic) bond motifs is 1. The van der Waals surface area contributed by atoms with Gasteiger partial charge >= 0.3 is 0 Å². The second kappa shape index (κ2) is 3.26. The van der Waals surface area contributed by atoms with Crippen molar-refractivity contribution in [3.05, 3.63) is 23.3 Å². The van der Waals surface area contributed by atoms with Crippen molar-refractivity contribution in [2.24, 2.45) is 0 Å². The molecule has 0 aliphatic heterocycles. The van der Waals surface area contributed by atoms with Gasteiger partial charge in [0.2, 0.25) is 0 Å². The van der Waals surface area contributed by atoms with E-state index in [4.69, 9.17) is 15.9 Å². The Bertz CT molecular complexity index is 402. The summed E-state index contributed by atoms with van der Waals surface area (Å²) >= 11 is 0. The maximum absolute atomic E-state index is 5.39. The minimum atomic E-state index is 0.254. The van der Waals surface area contributed by atoms with Crippen molar-refractivity contribution in [2.45, 2.75) is 12.3 Å². The lowest BCUT2D eigenvalue weighted by Crippen LogP contribution is -2.15. The summed E-state index contributed by atoms with van der Waals surface area (Å²) < 4.78 is 10.4. The molecule has 0 bridgehead atoms. The molecule has 0 saturated carbocycles. The summed E-state index contributed by atoms with van der Waals surface area (Å²) in [5, 5.41) is 0. The molecule has 0 radical (unpaired) electrons. The van der Waals surface area contributed by atoms with Crippen LogP contribution in [0.4, 0.5) is 0 Å². The van der Waals surface area contributed by atoms with Gasteiger partial charge in [-0.25, -0.2) is 0 Å². The molecule has 1 aliphatic carbocycles. The second-order valence-corrected chi connectivity index (χ2v) is 3.33. The maximum Gasteiger partial charge on any atom is 0.161 e. The number of rotatable bonds is 2. The largest absolute Gasteiger partial charge is 0.493 e. The van der Waals surface area contributed by atoms with Gasteiger partial charge in [0.1, 0.15) is 0 Å². The quantitative estimate of drug-likeness (QED) is 0.661. The second-order valence-electron chi connectivity index (χ2n) is 3.33. The van der Waals surface area contributed by atoms with Crippen LogP contribution in [0.25, 0.3) is 0 Å². The van der Waals surface area contributed by atoms with Gasteiger partial charge in [-0.1, -0.05) is 5.92 Å². The van der Waals surface area contributed by atoms with Crippen molar-refractivity contribution in [1.29, 1.82) is 0 Å². The van der Waals surface area contributed by atoms with Crippen LogP contribution in [0.15, 0.2) is 12.1 Å². The summed E-state index contributed by atoms with van der Waals surface area (Å²) in [5.41, 5.74) is 2.47. The van der Waals surface area contributed by atoms with Crippen molar-refractivity contribution in [3.63, 3.8) is 0 Å².